The van der Waals surface area contributed by atoms with Crippen LogP contribution in [0.15, 0.2) is 12.1 Å². The molecule has 0 bridgehead atoms. The molecule has 0 aromatic heterocycles. The second kappa shape index (κ2) is 6.33. The number of benzene rings is 1. The Kier molecular flexibility index (Phi) is 4.73. The van der Waals surface area contributed by atoms with Gasteiger partial charge in [-0.1, -0.05) is 0 Å². The van der Waals surface area contributed by atoms with E-state index in [1.54, 1.807) is 0 Å². The largest absolute Gasteiger partial charge is 0.507 e. The van der Waals surface area contributed by atoms with E-state index in [1.807, 2.05) is 7.05 Å². The molecule has 1 N–H and O–H groups in total. The molecule has 110 valence electrons. The third-order valence-electron chi connectivity index (χ3n) is 3.77. The Bertz CT molecular complexity index is 498. The highest BCUT2D eigenvalue weighted by Crippen LogP contribution is 2.27. The lowest BCUT2D eigenvalue weighted by Gasteiger charge is -2.31. The predicted octanol–water partition coefficient (Wildman–Crippen LogP) is 2.34. The summed E-state index contributed by atoms with van der Waals surface area (Å²) in [5.74, 6) is -0.946. The van der Waals surface area contributed by atoms with Crippen molar-refractivity contribution in [2.75, 3.05) is 20.3 Å². The average Bonchev–Trinajstić information content (AvgIpc) is 2.43. The summed E-state index contributed by atoms with van der Waals surface area (Å²) < 4.78 is 18.9. The number of aromatic hydroxyl groups is 1. The number of phenolic OH excluding ortho intramolecular Hbond substituents is 1. The molecule has 1 fully saturated rings. The first-order chi connectivity index (χ1) is 9.49. The summed E-state index contributed by atoms with van der Waals surface area (Å²) in [6.45, 7) is 3.18. The van der Waals surface area contributed by atoms with Gasteiger partial charge < -0.3 is 9.84 Å². The van der Waals surface area contributed by atoms with E-state index in [2.05, 4.69) is 4.90 Å². The molecule has 0 spiro atoms. The predicted molar refractivity (Wildman–Crippen MR) is 73.4 cm³/mol. The maximum atomic E-state index is 13.6. The summed E-state index contributed by atoms with van der Waals surface area (Å²) in [7, 11) is 1.94. The van der Waals surface area contributed by atoms with Gasteiger partial charge in [0.1, 0.15) is 11.6 Å². The monoisotopic (exact) mass is 281 g/mol. The highest BCUT2D eigenvalue weighted by molar-refractivity contribution is 5.97. The molecular weight excluding hydrogens is 261 g/mol. The normalized spacial score (nSPS) is 16.6. The fourth-order valence-electron chi connectivity index (χ4n) is 2.57. The minimum atomic E-state index is -0.497. The van der Waals surface area contributed by atoms with Crippen LogP contribution < -0.4 is 0 Å². The van der Waals surface area contributed by atoms with Crippen molar-refractivity contribution in [3.8, 4) is 5.75 Å². The highest BCUT2D eigenvalue weighted by atomic mass is 19.1. The van der Waals surface area contributed by atoms with Crippen molar-refractivity contribution in [1.82, 2.24) is 4.90 Å². The molecule has 1 saturated heterocycles. The first-order valence-electron chi connectivity index (χ1n) is 6.79. The first kappa shape index (κ1) is 14.9. The molecule has 0 atom stereocenters. The van der Waals surface area contributed by atoms with Gasteiger partial charge in [-0.3, -0.25) is 9.69 Å². The van der Waals surface area contributed by atoms with E-state index in [9.17, 15) is 14.3 Å². The molecule has 0 saturated carbocycles. The molecule has 0 unspecified atom stereocenters. The van der Waals surface area contributed by atoms with Gasteiger partial charge in [0.2, 0.25) is 0 Å². The number of ketones is 1. The van der Waals surface area contributed by atoms with Crippen molar-refractivity contribution >= 4 is 5.78 Å². The zero-order valence-electron chi connectivity index (χ0n) is 11.9. The highest BCUT2D eigenvalue weighted by Gasteiger charge is 2.21. The molecule has 5 heteroatoms. The lowest BCUT2D eigenvalue weighted by molar-refractivity contribution is 0.0405. The van der Waals surface area contributed by atoms with Crippen molar-refractivity contribution in [1.29, 1.82) is 0 Å². The Morgan fingerprint density at radius 2 is 2.10 bits per heavy atom. The molecule has 0 amide bonds. The molecular formula is C15H20FNO3. The molecule has 0 aliphatic carbocycles. The van der Waals surface area contributed by atoms with Gasteiger partial charge in [-0.2, -0.15) is 0 Å². The van der Waals surface area contributed by atoms with E-state index in [1.165, 1.54) is 13.0 Å². The molecule has 1 aromatic rings. The van der Waals surface area contributed by atoms with E-state index in [-0.39, 0.29) is 17.1 Å². The van der Waals surface area contributed by atoms with E-state index in [0.717, 1.165) is 32.1 Å². The van der Waals surface area contributed by atoms with Crippen LogP contribution in [0.25, 0.3) is 0 Å². The number of carbonyl (C=O) groups excluding carboxylic acids is 1. The summed E-state index contributed by atoms with van der Waals surface area (Å²) in [5, 5.41) is 10.1. The zero-order chi connectivity index (χ0) is 14.7. The van der Waals surface area contributed by atoms with Crippen molar-refractivity contribution in [3.05, 3.63) is 29.1 Å². The molecule has 20 heavy (non-hydrogen) atoms. The van der Waals surface area contributed by atoms with Crippen LogP contribution in [0, 0.1) is 5.82 Å². The van der Waals surface area contributed by atoms with E-state index < -0.39 is 5.82 Å². The number of ether oxygens (including phenoxy) is 1. The van der Waals surface area contributed by atoms with Gasteiger partial charge >= 0.3 is 0 Å². The molecule has 1 aliphatic heterocycles. The quantitative estimate of drug-likeness (QED) is 0.861. The Morgan fingerprint density at radius 1 is 1.45 bits per heavy atom. The third kappa shape index (κ3) is 3.35. The van der Waals surface area contributed by atoms with Gasteiger partial charge in [0, 0.05) is 31.4 Å². The summed E-state index contributed by atoms with van der Waals surface area (Å²) in [6, 6.07) is 2.72. The molecule has 4 nitrogen and oxygen atoms in total. The molecule has 1 aromatic carbocycles. The van der Waals surface area contributed by atoms with Gasteiger partial charge in [-0.25, -0.2) is 4.39 Å². The van der Waals surface area contributed by atoms with Crippen LogP contribution in [0.4, 0.5) is 4.39 Å². The summed E-state index contributed by atoms with van der Waals surface area (Å²) >= 11 is 0. The lowest BCUT2D eigenvalue weighted by Crippen LogP contribution is -2.36. The Hall–Kier alpha value is -1.46. The van der Waals surface area contributed by atoms with Crippen molar-refractivity contribution < 1.29 is 19.0 Å². The smallest absolute Gasteiger partial charge is 0.163 e. The van der Waals surface area contributed by atoms with Crippen molar-refractivity contribution in [2.45, 2.75) is 32.4 Å². The van der Waals surface area contributed by atoms with E-state index in [4.69, 9.17) is 4.74 Å². The zero-order valence-corrected chi connectivity index (χ0v) is 11.9. The number of halogens is 1. The summed E-state index contributed by atoms with van der Waals surface area (Å²) in [6.07, 6.45) is 1.85. The maximum Gasteiger partial charge on any atom is 0.163 e. The standard InChI is InChI=1S/C15H20FNO3/c1-10(18)14-8-12(16)7-11(15(14)19)9-17(2)13-3-5-20-6-4-13/h7-8,13,19H,3-6,9H2,1-2H3. The second-order valence-electron chi connectivity index (χ2n) is 5.28. The topological polar surface area (TPSA) is 49.8 Å². The fourth-order valence-corrected chi connectivity index (χ4v) is 2.57. The van der Waals surface area contributed by atoms with Crippen LogP contribution in [0.3, 0.4) is 0 Å². The van der Waals surface area contributed by atoms with Crippen LogP contribution >= 0.6 is 0 Å². The number of nitrogens with zero attached hydrogens (tertiary/aromatic N) is 1. The van der Waals surface area contributed by atoms with Crippen molar-refractivity contribution in [2.24, 2.45) is 0 Å². The average molecular weight is 281 g/mol. The maximum absolute atomic E-state index is 13.6. The van der Waals surface area contributed by atoms with Gasteiger partial charge in [0.05, 0.1) is 5.56 Å². The van der Waals surface area contributed by atoms with Crippen LogP contribution in [-0.4, -0.2) is 42.1 Å². The van der Waals surface area contributed by atoms with Crippen LogP contribution in [-0.2, 0) is 11.3 Å². The molecule has 1 aliphatic rings. The van der Waals surface area contributed by atoms with Gasteiger partial charge in [-0.05, 0) is 38.9 Å². The number of Topliss-reactive ketones (excluding diaryl/α,β-unsaturated/α-hetero) is 1. The second-order valence-corrected chi connectivity index (χ2v) is 5.28. The lowest BCUT2D eigenvalue weighted by atomic mass is 10.0. The van der Waals surface area contributed by atoms with E-state index >= 15 is 0 Å². The van der Waals surface area contributed by atoms with Gasteiger partial charge in [-0.15, -0.1) is 0 Å². The van der Waals surface area contributed by atoms with Crippen LogP contribution in [0.5, 0.6) is 5.75 Å². The van der Waals surface area contributed by atoms with Crippen molar-refractivity contribution in [3.63, 3.8) is 0 Å². The van der Waals surface area contributed by atoms with Crippen LogP contribution in [0.2, 0.25) is 0 Å². The number of rotatable bonds is 4. The summed E-state index contributed by atoms with van der Waals surface area (Å²) in [4.78, 5) is 13.5. The fraction of sp³-hybridized carbons (Fsp3) is 0.533. The third-order valence-corrected chi connectivity index (χ3v) is 3.77. The number of phenols is 1. The Balaban J connectivity index is 2.17. The Morgan fingerprint density at radius 3 is 2.70 bits per heavy atom. The minimum absolute atomic E-state index is 0.0420. The Labute approximate surface area is 118 Å². The summed E-state index contributed by atoms with van der Waals surface area (Å²) in [5.41, 5.74) is 0.490. The number of hydrogen-bond acceptors (Lipinski definition) is 4. The molecule has 0 radical (unpaired) electrons. The first-order valence-corrected chi connectivity index (χ1v) is 6.79. The van der Waals surface area contributed by atoms with E-state index in [0.29, 0.717) is 18.2 Å². The minimum Gasteiger partial charge on any atom is -0.507 e. The SMILES string of the molecule is CC(=O)c1cc(F)cc(CN(C)C2CCOCC2)c1O. The number of hydrogen-bond donors (Lipinski definition) is 1. The number of carbonyl (C=O) groups is 1. The van der Waals surface area contributed by atoms with Gasteiger partial charge in [0.25, 0.3) is 0 Å². The van der Waals surface area contributed by atoms with Crippen LogP contribution in [0.1, 0.15) is 35.7 Å². The molecule has 1 heterocycles. The van der Waals surface area contributed by atoms with Gasteiger partial charge in [0.15, 0.2) is 5.78 Å². The molecule has 2 rings (SSSR count).